The fourth-order valence-electron chi connectivity index (χ4n) is 0.815. The summed E-state index contributed by atoms with van der Waals surface area (Å²) in [4.78, 5) is 0. The molecule has 0 spiro atoms. The second-order valence-corrected chi connectivity index (χ2v) is 2.31. The topological polar surface area (TPSA) is 0 Å². The SMILES string of the molecule is C=CC1(F)C=CC=CC1(F)F. The number of hydrogen-bond acceptors (Lipinski definition) is 0. The molecule has 60 valence electrons. The molecule has 0 aromatic rings. The third-order valence-corrected chi connectivity index (χ3v) is 1.56. The highest BCUT2D eigenvalue weighted by atomic mass is 19.3. The Hall–Kier alpha value is -0.990. The van der Waals surface area contributed by atoms with Crippen LogP contribution in [0.25, 0.3) is 0 Å². The summed E-state index contributed by atoms with van der Waals surface area (Å²) < 4.78 is 38.4. The van der Waals surface area contributed by atoms with Crippen LogP contribution >= 0.6 is 0 Å². The standard InChI is InChI=1S/C8H7F3/c1-2-7(9)5-3-4-6-8(7,10)11/h2-6H,1H2. The normalized spacial score (nSPS) is 33.7. The van der Waals surface area contributed by atoms with Crippen molar-refractivity contribution in [1.29, 1.82) is 0 Å². The monoisotopic (exact) mass is 160 g/mol. The van der Waals surface area contributed by atoms with E-state index in [0.717, 1.165) is 12.2 Å². The predicted molar refractivity (Wildman–Crippen MR) is 37.3 cm³/mol. The van der Waals surface area contributed by atoms with Gasteiger partial charge in [-0.05, 0) is 18.2 Å². The summed E-state index contributed by atoms with van der Waals surface area (Å²) >= 11 is 0. The summed E-state index contributed by atoms with van der Waals surface area (Å²) in [7, 11) is 0. The van der Waals surface area contributed by atoms with Crippen molar-refractivity contribution in [1.82, 2.24) is 0 Å². The molecule has 3 heteroatoms. The van der Waals surface area contributed by atoms with Crippen molar-refractivity contribution in [3.63, 3.8) is 0 Å². The molecular formula is C8H7F3. The summed E-state index contributed by atoms with van der Waals surface area (Å²) in [5.41, 5.74) is -2.72. The molecule has 0 fully saturated rings. The lowest BCUT2D eigenvalue weighted by molar-refractivity contribution is -0.0477. The average Bonchev–Trinajstić information content (AvgIpc) is 1.95. The number of rotatable bonds is 1. The maximum Gasteiger partial charge on any atom is 0.307 e. The van der Waals surface area contributed by atoms with Gasteiger partial charge in [-0.1, -0.05) is 18.7 Å². The molecule has 0 aromatic heterocycles. The summed E-state index contributed by atoms with van der Waals surface area (Å²) in [6.45, 7) is 3.01. The quantitative estimate of drug-likeness (QED) is 0.517. The number of halogens is 3. The van der Waals surface area contributed by atoms with Crippen molar-refractivity contribution in [3.8, 4) is 0 Å². The Morgan fingerprint density at radius 2 is 1.64 bits per heavy atom. The van der Waals surface area contributed by atoms with E-state index >= 15 is 0 Å². The van der Waals surface area contributed by atoms with Crippen molar-refractivity contribution in [2.75, 3.05) is 0 Å². The molecule has 0 nitrogen and oxygen atoms in total. The Labute approximate surface area is 62.7 Å². The minimum absolute atomic E-state index is 0.522. The van der Waals surface area contributed by atoms with Gasteiger partial charge in [-0.3, -0.25) is 0 Å². The molecule has 0 aromatic carbocycles. The van der Waals surface area contributed by atoms with Crippen molar-refractivity contribution in [2.24, 2.45) is 0 Å². The molecule has 0 N–H and O–H groups in total. The van der Waals surface area contributed by atoms with Gasteiger partial charge in [0.25, 0.3) is 0 Å². The Kier molecular flexibility index (Phi) is 1.66. The molecule has 11 heavy (non-hydrogen) atoms. The molecule has 0 heterocycles. The highest BCUT2D eigenvalue weighted by Gasteiger charge is 2.49. The summed E-state index contributed by atoms with van der Waals surface area (Å²) in [6.07, 6.45) is 4.27. The van der Waals surface area contributed by atoms with E-state index in [1.807, 2.05) is 0 Å². The largest absolute Gasteiger partial charge is 0.307 e. The van der Waals surface area contributed by atoms with Crippen LogP contribution in [0.5, 0.6) is 0 Å². The molecule has 1 unspecified atom stereocenters. The van der Waals surface area contributed by atoms with E-state index < -0.39 is 11.6 Å². The van der Waals surface area contributed by atoms with Crippen molar-refractivity contribution >= 4 is 0 Å². The van der Waals surface area contributed by atoms with Gasteiger partial charge in [0.05, 0.1) is 0 Å². The van der Waals surface area contributed by atoms with Crippen molar-refractivity contribution in [3.05, 3.63) is 37.0 Å². The first-order chi connectivity index (χ1) is 5.02. The zero-order valence-electron chi connectivity index (χ0n) is 5.73. The lowest BCUT2D eigenvalue weighted by Gasteiger charge is -2.27. The highest BCUT2D eigenvalue weighted by Crippen LogP contribution is 2.38. The third-order valence-electron chi connectivity index (χ3n) is 1.56. The maximum absolute atomic E-state index is 13.1. The number of alkyl halides is 3. The highest BCUT2D eigenvalue weighted by molar-refractivity contribution is 5.31. The Bertz CT molecular complexity index is 227. The molecule has 0 amide bonds. The summed E-state index contributed by atoms with van der Waals surface area (Å²) in [5, 5.41) is 0. The predicted octanol–water partition coefficient (Wildman–Crippen LogP) is 2.64. The average molecular weight is 160 g/mol. The van der Waals surface area contributed by atoms with Crippen LogP contribution in [0.3, 0.4) is 0 Å². The molecule has 0 saturated carbocycles. The molecule has 0 bridgehead atoms. The summed E-state index contributed by atoms with van der Waals surface area (Å²) in [6, 6.07) is 0. The van der Waals surface area contributed by atoms with E-state index in [2.05, 4.69) is 6.58 Å². The fraction of sp³-hybridized carbons (Fsp3) is 0.250. The first kappa shape index (κ1) is 8.11. The Balaban J connectivity index is 3.06. The van der Waals surface area contributed by atoms with E-state index in [4.69, 9.17) is 0 Å². The third kappa shape index (κ3) is 1.11. The lowest BCUT2D eigenvalue weighted by atomic mass is 9.93. The molecule has 0 aliphatic heterocycles. The zero-order chi connectivity index (χ0) is 8.54. The van der Waals surface area contributed by atoms with E-state index in [0.29, 0.717) is 12.2 Å². The van der Waals surface area contributed by atoms with Crippen LogP contribution in [0.15, 0.2) is 37.0 Å². The van der Waals surface area contributed by atoms with Gasteiger partial charge in [0, 0.05) is 0 Å². The molecule has 1 aliphatic rings. The van der Waals surface area contributed by atoms with Gasteiger partial charge in [0.2, 0.25) is 5.67 Å². The first-order valence-electron chi connectivity index (χ1n) is 3.09. The van der Waals surface area contributed by atoms with Crippen LogP contribution in [0.2, 0.25) is 0 Å². The van der Waals surface area contributed by atoms with E-state index in [1.165, 1.54) is 6.08 Å². The Morgan fingerprint density at radius 1 is 1.09 bits per heavy atom. The van der Waals surface area contributed by atoms with Gasteiger partial charge < -0.3 is 0 Å². The lowest BCUT2D eigenvalue weighted by Crippen LogP contribution is -2.40. The van der Waals surface area contributed by atoms with Crippen molar-refractivity contribution < 1.29 is 13.2 Å². The van der Waals surface area contributed by atoms with Crippen LogP contribution in [0.4, 0.5) is 13.2 Å². The van der Waals surface area contributed by atoms with Crippen LogP contribution < -0.4 is 0 Å². The molecule has 1 rings (SSSR count). The summed E-state index contributed by atoms with van der Waals surface area (Å²) in [5.74, 6) is -3.47. The molecule has 0 radical (unpaired) electrons. The van der Waals surface area contributed by atoms with Gasteiger partial charge in [0.1, 0.15) is 0 Å². The van der Waals surface area contributed by atoms with E-state index in [1.54, 1.807) is 0 Å². The van der Waals surface area contributed by atoms with Crippen LogP contribution in [-0.4, -0.2) is 11.6 Å². The van der Waals surface area contributed by atoms with Gasteiger partial charge in [0.15, 0.2) is 0 Å². The van der Waals surface area contributed by atoms with Crippen LogP contribution in [-0.2, 0) is 0 Å². The van der Waals surface area contributed by atoms with E-state index in [9.17, 15) is 13.2 Å². The number of hydrogen-bond donors (Lipinski definition) is 0. The second kappa shape index (κ2) is 2.26. The molecule has 0 saturated heterocycles. The minimum Gasteiger partial charge on any atom is -0.228 e. The van der Waals surface area contributed by atoms with Gasteiger partial charge in [-0.25, -0.2) is 4.39 Å². The first-order valence-corrected chi connectivity index (χ1v) is 3.09. The molecule has 1 aliphatic carbocycles. The van der Waals surface area contributed by atoms with Crippen LogP contribution in [0.1, 0.15) is 0 Å². The molecule has 1 atom stereocenters. The minimum atomic E-state index is -3.47. The van der Waals surface area contributed by atoms with Crippen molar-refractivity contribution in [2.45, 2.75) is 11.6 Å². The number of allylic oxidation sites excluding steroid dienone is 5. The van der Waals surface area contributed by atoms with Gasteiger partial charge >= 0.3 is 5.92 Å². The fourth-order valence-corrected chi connectivity index (χ4v) is 0.815. The van der Waals surface area contributed by atoms with E-state index in [-0.39, 0.29) is 0 Å². The maximum atomic E-state index is 13.1. The Morgan fingerprint density at radius 3 is 2.00 bits per heavy atom. The second-order valence-electron chi connectivity index (χ2n) is 2.31. The van der Waals surface area contributed by atoms with Gasteiger partial charge in [-0.2, -0.15) is 8.78 Å². The van der Waals surface area contributed by atoms with Crippen LogP contribution in [0, 0.1) is 0 Å². The van der Waals surface area contributed by atoms with Gasteiger partial charge in [-0.15, -0.1) is 0 Å². The zero-order valence-corrected chi connectivity index (χ0v) is 5.73. The molecular weight excluding hydrogens is 153 g/mol. The smallest absolute Gasteiger partial charge is 0.228 e.